The van der Waals surface area contributed by atoms with Crippen molar-refractivity contribution in [2.24, 2.45) is 5.92 Å². The van der Waals surface area contributed by atoms with Crippen LogP contribution < -0.4 is 0 Å². The van der Waals surface area contributed by atoms with Gasteiger partial charge in [0.1, 0.15) is 6.61 Å². The number of hydrogen-bond donors (Lipinski definition) is 1. The van der Waals surface area contributed by atoms with Gasteiger partial charge in [0, 0.05) is 37.1 Å². The second-order valence-electron chi connectivity index (χ2n) is 5.60. The molecule has 2 rings (SSSR count). The van der Waals surface area contributed by atoms with Gasteiger partial charge in [0.2, 0.25) is 11.8 Å². The summed E-state index contributed by atoms with van der Waals surface area (Å²) in [5.74, 6) is -0.284. The van der Waals surface area contributed by atoms with E-state index in [0.717, 1.165) is 5.56 Å². The van der Waals surface area contributed by atoms with Crippen LogP contribution in [0, 0.1) is 5.92 Å². The molecule has 1 aliphatic rings. The number of rotatable bonds is 4. The fourth-order valence-corrected chi connectivity index (χ4v) is 2.78. The van der Waals surface area contributed by atoms with E-state index in [1.807, 2.05) is 31.2 Å². The molecular formula is C16H21ClN2O3. The molecule has 2 amide bonds. The molecule has 22 heavy (non-hydrogen) atoms. The van der Waals surface area contributed by atoms with Gasteiger partial charge in [-0.1, -0.05) is 30.7 Å². The van der Waals surface area contributed by atoms with Crippen molar-refractivity contribution in [3.05, 3.63) is 34.9 Å². The van der Waals surface area contributed by atoms with Gasteiger partial charge < -0.3 is 14.9 Å². The van der Waals surface area contributed by atoms with Crippen molar-refractivity contribution in [2.75, 3.05) is 32.8 Å². The monoisotopic (exact) mass is 324 g/mol. The predicted octanol–water partition coefficient (Wildman–Crippen LogP) is 1.18. The lowest BCUT2D eigenvalue weighted by Crippen LogP contribution is -2.52. The second kappa shape index (κ2) is 7.61. The predicted molar refractivity (Wildman–Crippen MR) is 84.6 cm³/mol. The molecule has 1 aromatic rings. The van der Waals surface area contributed by atoms with Crippen LogP contribution in [0.5, 0.6) is 0 Å². The molecule has 1 saturated heterocycles. The van der Waals surface area contributed by atoms with Crippen LogP contribution in [0.25, 0.3) is 0 Å². The molecular weight excluding hydrogens is 304 g/mol. The Bertz CT molecular complexity index is 525. The van der Waals surface area contributed by atoms with E-state index < -0.39 is 6.61 Å². The number of amides is 2. The highest BCUT2D eigenvalue weighted by molar-refractivity contribution is 6.30. The molecule has 1 fully saturated rings. The molecule has 0 radical (unpaired) electrons. The van der Waals surface area contributed by atoms with Crippen LogP contribution in [0.4, 0.5) is 0 Å². The zero-order chi connectivity index (χ0) is 16.1. The third-order valence-electron chi connectivity index (χ3n) is 3.96. The first kappa shape index (κ1) is 16.8. The van der Waals surface area contributed by atoms with Gasteiger partial charge in [-0.15, -0.1) is 0 Å². The summed E-state index contributed by atoms with van der Waals surface area (Å²) in [7, 11) is 0. The summed E-state index contributed by atoms with van der Waals surface area (Å²) in [6.07, 6.45) is 0.672. The first-order valence-electron chi connectivity index (χ1n) is 7.43. The van der Waals surface area contributed by atoms with Gasteiger partial charge in [-0.05, 0) is 24.1 Å². The highest BCUT2D eigenvalue weighted by atomic mass is 35.5. The van der Waals surface area contributed by atoms with Crippen LogP contribution in [0.2, 0.25) is 5.02 Å². The van der Waals surface area contributed by atoms with Gasteiger partial charge in [-0.2, -0.15) is 0 Å². The van der Waals surface area contributed by atoms with Crippen molar-refractivity contribution in [2.45, 2.75) is 13.3 Å². The van der Waals surface area contributed by atoms with E-state index in [1.54, 1.807) is 9.80 Å². The topological polar surface area (TPSA) is 60.9 Å². The van der Waals surface area contributed by atoms with Crippen molar-refractivity contribution >= 4 is 23.4 Å². The molecule has 1 atom stereocenters. The van der Waals surface area contributed by atoms with E-state index >= 15 is 0 Å². The van der Waals surface area contributed by atoms with Gasteiger partial charge >= 0.3 is 0 Å². The first-order valence-corrected chi connectivity index (χ1v) is 7.81. The van der Waals surface area contributed by atoms with E-state index in [-0.39, 0.29) is 17.7 Å². The maximum absolute atomic E-state index is 12.5. The van der Waals surface area contributed by atoms with Gasteiger partial charge in [0.15, 0.2) is 0 Å². The summed E-state index contributed by atoms with van der Waals surface area (Å²) >= 11 is 5.86. The van der Waals surface area contributed by atoms with E-state index in [0.29, 0.717) is 37.6 Å². The number of carbonyl (C=O) groups is 2. The minimum Gasteiger partial charge on any atom is -0.387 e. The Balaban J connectivity index is 1.86. The van der Waals surface area contributed by atoms with Crippen molar-refractivity contribution in [3.8, 4) is 0 Å². The molecule has 1 unspecified atom stereocenters. The van der Waals surface area contributed by atoms with Gasteiger partial charge in [0.05, 0.1) is 0 Å². The molecule has 0 spiro atoms. The number of nitrogens with zero attached hydrogens (tertiary/aromatic N) is 2. The average Bonchev–Trinajstić information content (AvgIpc) is 2.55. The maximum Gasteiger partial charge on any atom is 0.248 e. The number of aliphatic hydroxyl groups excluding tert-OH is 1. The number of carbonyl (C=O) groups excluding carboxylic acids is 2. The summed E-state index contributed by atoms with van der Waals surface area (Å²) in [5.41, 5.74) is 1.08. The minimum atomic E-state index is -0.471. The molecule has 1 aromatic carbocycles. The highest BCUT2D eigenvalue weighted by Crippen LogP contribution is 2.16. The largest absolute Gasteiger partial charge is 0.387 e. The molecule has 120 valence electrons. The third-order valence-corrected chi connectivity index (χ3v) is 4.21. The number of halogens is 1. The molecule has 0 aromatic heterocycles. The second-order valence-corrected chi connectivity index (χ2v) is 6.03. The van der Waals surface area contributed by atoms with Crippen molar-refractivity contribution < 1.29 is 14.7 Å². The van der Waals surface area contributed by atoms with Crippen LogP contribution in [0.3, 0.4) is 0 Å². The van der Waals surface area contributed by atoms with Crippen LogP contribution in [-0.2, 0) is 16.0 Å². The van der Waals surface area contributed by atoms with Gasteiger partial charge in [-0.3, -0.25) is 9.59 Å². The van der Waals surface area contributed by atoms with Gasteiger partial charge in [0.25, 0.3) is 0 Å². The Kier molecular flexibility index (Phi) is 5.80. The standard InChI is InChI=1S/C16H21ClN2O3/c1-12(10-13-2-4-14(17)5-3-13)16(22)19-8-6-18(7-9-19)15(21)11-20/h2-5,12,20H,6-11H2,1H3. The van der Waals surface area contributed by atoms with Crippen molar-refractivity contribution in [1.29, 1.82) is 0 Å². The normalized spacial score (nSPS) is 16.5. The summed E-state index contributed by atoms with van der Waals surface area (Å²) in [6, 6.07) is 7.52. The lowest BCUT2D eigenvalue weighted by atomic mass is 9.99. The Morgan fingerprint density at radius 1 is 1.14 bits per heavy atom. The molecule has 1 heterocycles. The van der Waals surface area contributed by atoms with E-state index in [1.165, 1.54) is 0 Å². The summed E-state index contributed by atoms with van der Waals surface area (Å²) in [4.78, 5) is 27.3. The molecule has 6 heteroatoms. The summed E-state index contributed by atoms with van der Waals surface area (Å²) in [5, 5.41) is 9.54. The van der Waals surface area contributed by atoms with Gasteiger partial charge in [-0.25, -0.2) is 0 Å². The smallest absolute Gasteiger partial charge is 0.248 e. The lowest BCUT2D eigenvalue weighted by molar-refractivity contribution is -0.143. The van der Waals surface area contributed by atoms with Crippen LogP contribution >= 0.6 is 11.6 Å². The lowest BCUT2D eigenvalue weighted by Gasteiger charge is -2.35. The Hall–Kier alpha value is -1.59. The quantitative estimate of drug-likeness (QED) is 0.904. The maximum atomic E-state index is 12.5. The Labute approximate surface area is 135 Å². The Morgan fingerprint density at radius 2 is 1.68 bits per heavy atom. The van der Waals surface area contributed by atoms with E-state index in [2.05, 4.69) is 0 Å². The third kappa shape index (κ3) is 4.21. The summed E-state index contributed by atoms with van der Waals surface area (Å²) < 4.78 is 0. The van der Waals surface area contributed by atoms with E-state index in [9.17, 15) is 9.59 Å². The minimum absolute atomic E-state index is 0.103. The molecule has 0 bridgehead atoms. The van der Waals surface area contributed by atoms with Crippen molar-refractivity contribution in [1.82, 2.24) is 9.80 Å². The molecule has 5 nitrogen and oxygen atoms in total. The molecule has 1 aliphatic heterocycles. The molecule has 1 N–H and O–H groups in total. The first-order chi connectivity index (χ1) is 10.5. The van der Waals surface area contributed by atoms with E-state index in [4.69, 9.17) is 16.7 Å². The summed E-state index contributed by atoms with van der Waals surface area (Å²) in [6.45, 7) is 3.46. The zero-order valence-electron chi connectivity index (χ0n) is 12.7. The highest BCUT2D eigenvalue weighted by Gasteiger charge is 2.26. The molecule has 0 saturated carbocycles. The SMILES string of the molecule is CC(Cc1ccc(Cl)cc1)C(=O)N1CCN(C(=O)CO)CC1. The number of piperazine rings is 1. The van der Waals surface area contributed by atoms with Crippen LogP contribution in [0.1, 0.15) is 12.5 Å². The average molecular weight is 325 g/mol. The number of hydrogen-bond acceptors (Lipinski definition) is 3. The van der Waals surface area contributed by atoms with Crippen LogP contribution in [0.15, 0.2) is 24.3 Å². The Morgan fingerprint density at radius 3 is 2.23 bits per heavy atom. The zero-order valence-corrected chi connectivity index (χ0v) is 13.4. The fraction of sp³-hybridized carbons (Fsp3) is 0.500. The van der Waals surface area contributed by atoms with Crippen molar-refractivity contribution in [3.63, 3.8) is 0 Å². The molecule has 0 aliphatic carbocycles. The van der Waals surface area contributed by atoms with Crippen LogP contribution in [-0.4, -0.2) is 59.5 Å². The number of benzene rings is 1. The fourth-order valence-electron chi connectivity index (χ4n) is 2.65. The number of aliphatic hydroxyl groups is 1.